The van der Waals surface area contributed by atoms with Crippen molar-refractivity contribution in [1.82, 2.24) is 9.97 Å². The first-order valence-electron chi connectivity index (χ1n) is 4.70. The summed E-state index contributed by atoms with van der Waals surface area (Å²) in [6.45, 7) is 0.392. The van der Waals surface area contributed by atoms with Crippen molar-refractivity contribution >= 4 is 39.1 Å². The molecule has 0 saturated carbocycles. The van der Waals surface area contributed by atoms with Crippen LogP contribution in [0, 0.1) is 0 Å². The zero-order chi connectivity index (χ0) is 12.3. The summed E-state index contributed by atoms with van der Waals surface area (Å²) in [7, 11) is 0. The molecule has 6 heteroatoms. The SMILES string of the molecule is Clc1ccc(COc2nc(Cl)ncc2Br)cc1. The Bertz CT molecular complexity index is 519. The summed E-state index contributed by atoms with van der Waals surface area (Å²) >= 11 is 14.8. The predicted molar refractivity (Wildman–Crippen MR) is 70.5 cm³/mol. The Balaban J connectivity index is 2.07. The summed E-state index contributed by atoms with van der Waals surface area (Å²) in [4.78, 5) is 7.78. The van der Waals surface area contributed by atoms with E-state index in [-0.39, 0.29) is 5.28 Å². The van der Waals surface area contributed by atoms with Gasteiger partial charge in [-0.3, -0.25) is 0 Å². The van der Waals surface area contributed by atoms with Crippen molar-refractivity contribution in [2.24, 2.45) is 0 Å². The van der Waals surface area contributed by atoms with Crippen LogP contribution in [0.3, 0.4) is 0 Å². The van der Waals surface area contributed by atoms with Gasteiger partial charge < -0.3 is 4.74 Å². The lowest BCUT2D eigenvalue weighted by atomic mass is 10.2. The third-order valence-electron chi connectivity index (χ3n) is 1.97. The molecule has 0 spiro atoms. The molecular weight excluding hydrogens is 327 g/mol. The van der Waals surface area contributed by atoms with E-state index in [1.54, 1.807) is 6.20 Å². The molecule has 1 aromatic carbocycles. The number of hydrogen-bond donors (Lipinski definition) is 0. The molecule has 17 heavy (non-hydrogen) atoms. The van der Waals surface area contributed by atoms with Crippen molar-refractivity contribution in [1.29, 1.82) is 0 Å². The van der Waals surface area contributed by atoms with Gasteiger partial charge in [-0.15, -0.1) is 0 Å². The van der Waals surface area contributed by atoms with Crippen LogP contribution in [-0.2, 0) is 6.61 Å². The molecule has 0 saturated heterocycles. The number of halogens is 3. The summed E-state index contributed by atoms with van der Waals surface area (Å²) in [6, 6.07) is 7.39. The van der Waals surface area contributed by atoms with Crippen molar-refractivity contribution in [3.05, 3.63) is 50.8 Å². The Morgan fingerprint density at radius 3 is 2.59 bits per heavy atom. The number of rotatable bonds is 3. The van der Waals surface area contributed by atoms with Crippen LogP contribution >= 0.6 is 39.1 Å². The molecule has 0 unspecified atom stereocenters. The molecule has 1 aromatic heterocycles. The number of aromatic nitrogens is 2. The number of hydrogen-bond acceptors (Lipinski definition) is 3. The Morgan fingerprint density at radius 1 is 1.18 bits per heavy atom. The van der Waals surface area contributed by atoms with E-state index >= 15 is 0 Å². The van der Waals surface area contributed by atoms with Crippen molar-refractivity contribution in [2.75, 3.05) is 0 Å². The highest BCUT2D eigenvalue weighted by atomic mass is 79.9. The molecule has 0 radical (unpaired) electrons. The van der Waals surface area contributed by atoms with Gasteiger partial charge in [0.15, 0.2) is 0 Å². The molecule has 88 valence electrons. The van der Waals surface area contributed by atoms with E-state index in [0.717, 1.165) is 5.56 Å². The first-order valence-corrected chi connectivity index (χ1v) is 6.25. The molecule has 0 aliphatic carbocycles. The number of nitrogens with zero attached hydrogens (tertiary/aromatic N) is 2. The molecule has 0 aliphatic heterocycles. The van der Waals surface area contributed by atoms with Gasteiger partial charge in [-0.25, -0.2) is 4.98 Å². The van der Waals surface area contributed by atoms with E-state index in [4.69, 9.17) is 27.9 Å². The predicted octanol–water partition coefficient (Wildman–Crippen LogP) is 4.12. The molecular formula is C11H7BrCl2N2O. The molecule has 1 heterocycles. The van der Waals surface area contributed by atoms with Gasteiger partial charge in [0.2, 0.25) is 11.2 Å². The molecule has 0 bridgehead atoms. The average Bonchev–Trinajstić information content (AvgIpc) is 2.32. The van der Waals surface area contributed by atoms with Crippen LogP contribution in [0.25, 0.3) is 0 Å². The van der Waals surface area contributed by atoms with Crippen molar-refractivity contribution in [2.45, 2.75) is 6.61 Å². The van der Waals surface area contributed by atoms with Gasteiger partial charge in [0.1, 0.15) is 6.61 Å². The van der Waals surface area contributed by atoms with Gasteiger partial charge in [0.05, 0.1) is 4.47 Å². The third kappa shape index (κ3) is 3.56. The van der Waals surface area contributed by atoms with Crippen LogP contribution in [0.1, 0.15) is 5.56 Å². The molecule has 0 fully saturated rings. The molecule has 2 aromatic rings. The minimum absolute atomic E-state index is 0.152. The summed E-state index contributed by atoms with van der Waals surface area (Å²) < 4.78 is 6.18. The maximum atomic E-state index is 5.79. The van der Waals surface area contributed by atoms with E-state index in [1.165, 1.54) is 0 Å². The highest BCUT2D eigenvalue weighted by molar-refractivity contribution is 9.10. The van der Waals surface area contributed by atoms with Crippen LogP contribution < -0.4 is 4.74 Å². The second-order valence-corrected chi connectivity index (χ2v) is 4.84. The summed E-state index contributed by atoms with van der Waals surface area (Å²) in [5, 5.41) is 0.847. The van der Waals surface area contributed by atoms with E-state index in [2.05, 4.69) is 25.9 Å². The number of benzene rings is 1. The Labute approximate surface area is 117 Å². The average molecular weight is 334 g/mol. The van der Waals surface area contributed by atoms with E-state index in [9.17, 15) is 0 Å². The van der Waals surface area contributed by atoms with Gasteiger partial charge in [-0.2, -0.15) is 4.98 Å². The van der Waals surface area contributed by atoms with Crippen molar-refractivity contribution in [3.63, 3.8) is 0 Å². The fourth-order valence-corrected chi connectivity index (χ4v) is 1.72. The topological polar surface area (TPSA) is 35.0 Å². The lowest BCUT2D eigenvalue weighted by Gasteiger charge is -2.06. The van der Waals surface area contributed by atoms with Crippen molar-refractivity contribution < 1.29 is 4.74 Å². The molecule has 0 amide bonds. The van der Waals surface area contributed by atoms with Crippen LogP contribution in [0.4, 0.5) is 0 Å². The zero-order valence-electron chi connectivity index (χ0n) is 8.53. The maximum Gasteiger partial charge on any atom is 0.232 e. The summed E-state index contributed by atoms with van der Waals surface area (Å²) in [5.41, 5.74) is 0.996. The zero-order valence-corrected chi connectivity index (χ0v) is 11.6. The summed E-state index contributed by atoms with van der Waals surface area (Å²) in [5.74, 6) is 0.417. The van der Waals surface area contributed by atoms with E-state index in [0.29, 0.717) is 22.0 Å². The van der Waals surface area contributed by atoms with Crippen LogP contribution in [0.15, 0.2) is 34.9 Å². The van der Waals surface area contributed by atoms with Gasteiger partial charge >= 0.3 is 0 Å². The quantitative estimate of drug-likeness (QED) is 0.792. The van der Waals surface area contributed by atoms with E-state index < -0.39 is 0 Å². The lowest BCUT2D eigenvalue weighted by molar-refractivity contribution is 0.291. The second kappa shape index (κ2) is 5.67. The molecule has 0 atom stereocenters. The maximum absolute atomic E-state index is 5.79. The van der Waals surface area contributed by atoms with Crippen LogP contribution in [0.5, 0.6) is 5.88 Å². The lowest BCUT2D eigenvalue weighted by Crippen LogP contribution is -1.98. The first-order chi connectivity index (χ1) is 8.15. The first kappa shape index (κ1) is 12.6. The van der Waals surface area contributed by atoms with Gasteiger partial charge in [0.25, 0.3) is 0 Å². The third-order valence-corrected chi connectivity index (χ3v) is 2.95. The van der Waals surface area contributed by atoms with Gasteiger partial charge in [-0.1, -0.05) is 23.7 Å². The molecule has 3 nitrogen and oxygen atoms in total. The molecule has 2 rings (SSSR count). The molecule has 0 N–H and O–H groups in total. The Morgan fingerprint density at radius 2 is 1.88 bits per heavy atom. The standard InChI is InChI=1S/C11H7BrCl2N2O/c12-9-5-15-11(14)16-10(9)17-6-7-1-3-8(13)4-2-7/h1-5H,6H2. The monoisotopic (exact) mass is 332 g/mol. The minimum Gasteiger partial charge on any atom is -0.472 e. The fraction of sp³-hybridized carbons (Fsp3) is 0.0909. The molecule has 0 aliphatic rings. The Kier molecular flexibility index (Phi) is 4.20. The highest BCUT2D eigenvalue weighted by Gasteiger charge is 2.05. The van der Waals surface area contributed by atoms with Crippen LogP contribution in [-0.4, -0.2) is 9.97 Å². The number of ether oxygens (including phenoxy) is 1. The van der Waals surface area contributed by atoms with Gasteiger partial charge in [0, 0.05) is 11.2 Å². The Hall–Kier alpha value is -0.840. The minimum atomic E-state index is 0.152. The van der Waals surface area contributed by atoms with Crippen molar-refractivity contribution in [3.8, 4) is 5.88 Å². The van der Waals surface area contributed by atoms with E-state index in [1.807, 2.05) is 24.3 Å². The summed E-state index contributed by atoms with van der Waals surface area (Å²) in [6.07, 6.45) is 1.55. The second-order valence-electron chi connectivity index (χ2n) is 3.21. The normalized spacial score (nSPS) is 10.3. The smallest absolute Gasteiger partial charge is 0.232 e. The fourth-order valence-electron chi connectivity index (χ4n) is 1.16. The highest BCUT2D eigenvalue weighted by Crippen LogP contribution is 2.23. The largest absolute Gasteiger partial charge is 0.472 e. The van der Waals surface area contributed by atoms with Crippen LogP contribution in [0.2, 0.25) is 10.3 Å². The van der Waals surface area contributed by atoms with Gasteiger partial charge in [-0.05, 0) is 45.2 Å².